The second-order valence-corrected chi connectivity index (χ2v) is 6.28. The predicted molar refractivity (Wildman–Crippen MR) is 95.9 cm³/mol. The molecule has 1 saturated heterocycles. The van der Waals surface area contributed by atoms with E-state index in [9.17, 15) is 30.0 Å². The van der Waals surface area contributed by atoms with Crippen molar-refractivity contribution >= 4 is 11.7 Å². The largest absolute Gasteiger partial charge is 0.387 e. The summed E-state index contributed by atoms with van der Waals surface area (Å²) in [6, 6.07) is 0. The number of ketones is 1. The number of aliphatic hydroxyl groups excluding tert-OH is 4. The molecule has 0 bridgehead atoms. The quantitative estimate of drug-likeness (QED) is 0.169. The van der Waals surface area contributed by atoms with Gasteiger partial charge in [0.1, 0.15) is 24.1 Å². The van der Waals surface area contributed by atoms with Gasteiger partial charge >= 0.3 is 0 Å². The van der Waals surface area contributed by atoms with Crippen molar-refractivity contribution in [3.05, 3.63) is 0 Å². The molecule has 1 amide bonds. The molecule has 10 heteroatoms. The highest BCUT2D eigenvalue weighted by molar-refractivity contribution is 5.81. The number of carbonyl (C=O) groups is 2. The van der Waals surface area contributed by atoms with Crippen LogP contribution in [0.2, 0.25) is 0 Å². The molecule has 2 unspecified atom stereocenters. The second kappa shape index (κ2) is 13.6. The van der Waals surface area contributed by atoms with Gasteiger partial charge in [-0.15, -0.1) is 12.3 Å². The second-order valence-electron chi connectivity index (χ2n) is 6.28. The Hall–Kier alpha value is -1.58. The first-order chi connectivity index (χ1) is 13.4. The molecule has 1 aliphatic heterocycles. The average molecular weight is 403 g/mol. The summed E-state index contributed by atoms with van der Waals surface area (Å²) in [5.74, 6) is 1.80. The molecule has 10 nitrogen and oxygen atoms in total. The third-order valence-electron chi connectivity index (χ3n) is 4.06. The molecule has 1 aliphatic rings. The van der Waals surface area contributed by atoms with Gasteiger partial charge in [-0.2, -0.15) is 0 Å². The molecular weight excluding hydrogens is 374 g/mol. The third kappa shape index (κ3) is 8.62. The van der Waals surface area contributed by atoms with Crippen LogP contribution in [-0.4, -0.2) is 95.8 Å². The first-order valence-electron chi connectivity index (χ1n) is 9.14. The summed E-state index contributed by atoms with van der Waals surface area (Å²) in [6.45, 7) is 1.37. The van der Waals surface area contributed by atoms with E-state index in [1.165, 1.54) is 0 Å². The highest BCUT2D eigenvalue weighted by Gasteiger charge is 2.46. The van der Waals surface area contributed by atoms with E-state index in [0.717, 1.165) is 0 Å². The minimum Gasteiger partial charge on any atom is -0.387 e. The Labute approximate surface area is 163 Å². The van der Waals surface area contributed by atoms with Gasteiger partial charge in [-0.3, -0.25) is 9.59 Å². The summed E-state index contributed by atoms with van der Waals surface area (Å²) in [4.78, 5) is 23.3. The summed E-state index contributed by atoms with van der Waals surface area (Å²) < 4.78 is 15.4. The van der Waals surface area contributed by atoms with Crippen LogP contribution in [0.15, 0.2) is 0 Å². The number of terminal acetylenes is 1. The topological polar surface area (TPSA) is 155 Å². The van der Waals surface area contributed by atoms with E-state index in [4.69, 9.17) is 20.6 Å². The molecule has 0 radical (unpaired) electrons. The van der Waals surface area contributed by atoms with Crippen molar-refractivity contribution in [2.24, 2.45) is 0 Å². The van der Waals surface area contributed by atoms with Crippen LogP contribution in [0.4, 0.5) is 0 Å². The van der Waals surface area contributed by atoms with Crippen LogP contribution < -0.4 is 5.32 Å². The zero-order valence-corrected chi connectivity index (χ0v) is 15.7. The number of hydrogen-bond donors (Lipinski definition) is 5. The monoisotopic (exact) mass is 403 g/mol. The van der Waals surface area contributed by atoms with Gasteiger partial charge < -0.3 is 40.0 Å². The lowest BCUT2D eigenvalue weighted by Crippen LogP contribution is -2.61. The predicted octanol–water partition coefficient (Wildman–Crippen LogP) is -2.30. The highest BCUT2D eigenvalue weighted by atomic mass is 16.6. The fourth-order valence-electron chi connectivity index (χ4n) is 2.45. The smallest absolute Gasteiger partial charge is 0.252 e. The van der Waals surface area contributed by atoms with Crippen LogP contribution >= 0.6 is 0 Å². The van der Waals surface area contributed by atoms with E-state index in [1.807, 2.05) is 0 Å². The number of rotatable bonds is 13. The summed E-state index contributed by atoms with van der Waals surface area (Å²) in [5.41, 5.74) is 0. The lowest BCUT2D eigenvalue weighted by Gasteiger charge is -2.37. The maximum Gasteiger partial charge on any atom is 0.252 e. The van der Waals surface area contributed by atoms with E-state index >= 15 is 0 Å². The van der Waals surface area contributed by atoms with Gasteiger partial charge in [0.15, 0.2) is 12.4 Å². The van der Waals surface area contributed by atoms with Crippen molar-refractivity contribution in [3.8, 4) is 12.3 Å². The molecule has 0 spiro atoms. The molecule has 0 aromatic heterocycles. The Bertz CT molecular complexity index is 522. The average Bonchev–Trinajstić information content (AvgIpc) is 2.68. The van der Waals surface area contributed by atoms with Crippen LogP contribution in [0.5, 0.6) is 0 Å². The summed E-state index contributed by atoms with van der Waals surface area (Å²) in [6.07, 6.45) is -1.32. The summed E-state index contributed by atoms with van der Waals surface area (Å²) in [7, 11) is 0. The van der Waals surface area contributed by atoms with Crippen molar-refractivity contribution in [1.29, 1.82) is 0 Å². The Morgan fingerprint density at radius 1 is 0.964 bits per heavy atom. The third-order valence-corrected chi connectivity index (χ3v) is 4.06. The van der Waals surface area contributed by atoms with Crippen molar-refractivity contribution in [2.75, 3.05) is 33.0 Å². The maximum absolute atomic E-state index is 11.9. The van der Waals surface area contributed by atoms with E-state index in [-0.39, 0.29) is 18.9 Å². The van der Waals surface area contributed by atoms with E-state index < -0.39 is 36.6 Å². The molecule has 0 aromatic rings. The standard InChI is InChI=1S/C18H29NO9/c1-2-3-5-12(20)6-4-8-26-10-11-27-9-7-19-17(24)16-14(22)13(21)15(23)18(25)28-16/h1,13-16,18,21-23,25H,3-11H2,(H,19,24)/t13-,14-,15+,16?,18?/m0/s1. The Morgan fingerprint density at radius 3 is 2.32 bits per heavy atom. The van der Waals surface area contributed by atoms with Crippen molar-refractivity contribution in [1.82, 2.24) is 5.32 Å². The van der Waals surface area contributed by atoms with E-state index in [2.05, 4.69) is 11.2 Å². The number of hydrogen-bond acceptors (Lipinski definition) is 9. The number of carbonyl (C=O) groups excluding carboxylic acids is 2. The summed E-state index contributed by atoms with van der Waals surface area (Å²) >= 11 is 0. The molecule has 0 saturated carbocycles. The lowest BCUT2D eigenvalue weighted by atomic mass is 9.98. The molecule has 160 valence electrons. The normalized spacial score (nSPS) is 27.2. The molecule has 1 rings (SSSR count). The lowest BCUT2D eigenvalue weighted by molar-refractivity contribution is -0.275. The van der Waals surface area contributed by atoms with Crippen LogP contribution in [0.1, 0.15) is 25.7 Å². The number of ether oxygens (including phenoxy) is 3. The number of amides is 1. The van der Waals surface area contributed by atoms with Gasteiger partial charge in [0.05, 0.1) is 19.8 Å². The van der Waals surface area contributed by atoms with Crippen molar-refractivity contribution < 1.29 is 44.2 Å². The SMILES string of the molecule is C#CCCC(=O)CCCOCCOCCNC(=O)C1OC(O)[C@H](O)[C@@H](O)[C@@H]1O. The Balaban J connectivity index is 2.02. The zero-order valence-electron chi connectivity index (χ0n) is 15.7. The number of nitrogens with one attached hydrogen (secondary N) is 1. The first-order valence-corrected chi connectivity index (χ1v) is 9.14. The highest BCUT2D eigenvalue weighted by Crippen LogP contribution is 2.19. The molecule has 5 atom stereocenters. The molecule has 1 heterocycles. The minimum absolute atomic E-state index is 0.115. The molecule has 1 fully saturated rings. The first kappa shape index (κ1) is 24.5. The zero-order chi connectivity index (χ0) is 20.9. The van der Waals surface area contributed by atoms with Gasteiger partial charge in [0, 0.05) is 32.4 Å². The molecule has 28 heavy (non-hydrogen) atoms. The number of Topliss-reactive ketones (excluding diaryl/α,β-unsaturated/α-hetero) is 1. The van der Waals surface area contributed by atoms with Crippen molar-refractivity contribution in [2.45, 2.75) is 56.4 Å². The van der Waals surface area contributed by atoms with Crippen LogP contribution in [0.3, 0.4) is 0 Å². The molecule has 0 aromatic carbocycles. The van der Waals surface area contributed by atoms with Gasteiger partial charge in [-0.1, -0.05) is 0 Å². The minimum atomic E-state index is -1.77. The van der Waals surface area contributed by atoms with Crippen LogP contribution in [0, 0.1) is 12.3 Å². The molecule has 5 N–H and O–H groups in total. The van der Waals surface area contributed by atoms with Gasteiger partial charge in [-0.05, 0) is 6.42 Å². The fraction of sp³-hybridized carbons (Fsp3) is 0.778. The summed E-state index contributed by atoms with van der Waals surface area (Å²) in [5, 5.41) is 40.5. The maximum atomic E-state index is 11.9. The van der Waals surface area contributed by atoms with Crippen LogP contribution in [0.25, 0.3) is 0 Å². The fourth-order valence-corrected chi connectivity index (χ4v) is 2.45. The van der Waals surface area contributed by atoms with Crippen LogP contribution in [-0.2, 0) is 23.8 Å². The van der Waals surface area contributed by atoms with Crippen molar-refractivity contribution in [3.63, 3.8) is 0 Å². The Kier molecular flexibility index (Phi) is 11.9. The molecule has 0 aliphatic carbocycles. The van der Waals surface area contributed by atoms with Gasteiger partial charge in [0.25, 0.3) is 5.91 Å². The van der Waals surface area contributed by atoms with Gasteiger partial charge in [-0.25, -0.2) is 0 Å². The van der Waals surface area contributed by atoms with Gasteiger partial charge in [0.2, 0.25) is 0 Å². The van der Waals surface area contributed by atoms with E-state index in [1.54, 1.807) is 0 Å². The Morgan fingerprint density at radius 2 is 1.64 bits per heavy atom. The number of aliphatic hydroxyl groups is 4. The molecular formula is C18H29NO9. The van der Waals surface area contributed by atoms with E-state index in [0.29, 0.717) is 45.5 Å².